The molecule has 3 N–H and O–H groups in total. The van der Waals surface area contributed by atoms with E-state index >= 15 is 0 Å². The summed E-state index contributed by atoms with van der Waals surface area (Å²) in [5.74, 6) is -0.472. The Morgan fingerprint density at radius 2 is 1.71 bits per heavy atom. The van der Waals surface area contributed by atoms with E-state index in [-0.39, 0.29) is 53.5 Å². The van der Waals surface area contributed by atoms with Crippen molar-refractivity contribution in [2.24, 2.45) is 4.99 Å². The lowest BCUT2D eigenvalue weighted by atomic mass is 9.84. The zero-order valence-corrected chi connectivity index (χ0v) is 18.4. The molecule has 0 radical (unpaired) electrons. The Hall–Kier alpha value is -2.23. The van der Waals surface area contributed by atoms with E-state index in [1.807, 2.05) is 19.9 Å². The first-order chi connectivity index (χ1) is 12.8. The van der Waals surface area contributed by atoms with Gasteiger partial charge in [-0.1, -0.05) is 26.0 Å². The molecule has 0 unspecified atom stereocenters. The fourth-order valence-corrected chi connectivity index (χ4v) is 2.44. The predicted molar refractivity (Wildman–Crippen MR) is 119 cm³/mol. The largest absolute Gasteiger partial charge is 0.356 e. The van der Waals surface area contributed by atoms with Crippen LogP contribution in [0.25, 0.3) is 0 Å². The first-order valence-electron chi connectivity index (χ1n) is 8.56. The van der Waals surface area contributed by atoms with Gasteiger partial charge in [0.05, 0.1) is 6.54 Å². The summed E-state index contributed by atoms with van der Waals surface area (Å²) < 4.78 is 26.3. The first-order valence-corrected chi connectivity index (χ1v) is 8.56. The number of carbonyl (C=O) groups excluding carboxylic acids is 1. The molecular weight excluding hydrogens is 477 g/mol. The third kappa shape index (κ3) is 7.41. The number of anilines is 1. The maximum atomic E-state index is 13.5. The highest BCUT2D eigenvalue weighted by Crippen LogP contribution is 2.22. The number of hydrogen-bond donors (Lipinski definition) is 3. The van der Waals surface area contributed by atoms with Crippen LogP contribution in [-0.4, -0.2) is 32.0 Å². The highest BCUT2D eigenvalue weighted by atomic mass is 127. The van der Waals surface area contributed by atoms with Crippen molar-refractivity contribution in [3.05, 3.63) is 65.7 Å². The van der Waals surface area contributed by atoms with Crippen molar-refractivity contribution < 1.29 is 13.6 Å². The van der Waals surface area contributed by atoms with Crippen LogP contribution in [0.3, 0.4) is 0 Å². The lowest BCUT2D eigenvalue weighted by molar-refractivity contribution is -0.115. The number of carbonyl (C=O) groups is 1. The van der Waals surface area contributed by atoms with Gasteiger partial charge in [0.15, 0.2) is 5.96 Å². The molecule has 2 aromatic carbocycles. The van der Waals surface area contributed by atoms with Crippen LogP contribution in [0, 0.1) is 11.6 Å². The quantitative estimate of drug-likeness (QED) is 0.321. The molecule has 0 saturated heterocycles. The SMILES string of the molecule is CN=C(NCC(=O)Nc1ccc(F)cc1)NCC(C)(C)c1cccc(F)c1.I. The van der Waals surface area contributed by atoms with Gasteiger partial charge in [0.1, 0.15) is 11.6 Å². The normalized spacial score (nSPS) is 11.4. The van der Waals surface area contributed by atoms with Gasteiger partial charge in [0.2, 0.25) is 5.91 Å². The second-order valence-corrected chi connectivity index (χ2v) is 6.73. The zero-order valence-electron chi connectivity index (χ0n) is 16.1. The summed E-state index contributed by atoms with van der Waals surface area (Å²) in [6.07, 6.45) is 0. The van der Waals surface area contributed by atoms with E-state index in [1.165, 1.54) is 36.4 Å². The first kappa shape index (κ1) is 23.8. The Labute approximate surface area is 181 Å². The number of aliphatic imine (C=N–C) groups is 1. The molecular formula is C20H25F2IN4O. The van der Waals surface area contributed by atoms with E-state index in [0.29, 0.717) is 18.2 Å². The molecule has 2 rings (SSSR count). The zero-order chi connectivity index (χ0) is 19.9. The topological polar surface area (TPSA) is 65.5 Å². The summed E-state index contributed by atoms with van der Waals surface area (Å²) in [5.41, 5.74) is 1.04. The molecule has 1 amide bonds. The van der Waals surface area contributed by atoms with Gasteiger partial charge >= 0.3 is 0 Å². The summed E-state index contributed by atoms with van der Waals surface area (Å²) in [4.78, 5) is 16.1. The molecule has 152 valence electrons. The molecule has 0 fully saturated rings. The molecule has 0 aliphatic rings. The fraction of sp³-hybridized carbons (Fsp3) is 0.300. The van der Waals surface area contributed by atoms with Crippen LogP contribution in [0.2, 0.25) is 0 Å². The van der Waals surface area contributed by atoms with E-state index in [1.54, 1.807) is 13.1 Å². The molecule has 0 bridgehead atoms. The molecule has 2 aromatic rings. The van der Waals surface area contributed by atoms with Crippen LogP contribution < -0.4 is 16.0 Å². The standard InChI is InChI=1S/C20H24F2N4O.HI/c1-20(2,14-5-4-6-16(22)11-14)13-25-19(23-3)24-12-18(27)26-17-9-7-15(21)8-10-17;/h4-11H,12-13H2,1-3H3,(H,26,27)(H2,23,24,25);1H. The third-order valence-electron chi connectivity index (χ3n) is 4.07. The Kier molecular flexibility index (Phi) is 9.30. The van der Waals surface area contributed by atoms with Crippen molar-refractivity contribution in [2.75, 3.05) is 25.5 Å². The van der Waals surface area contributed by atoms with E-state index in [2.05, 4.69) is 20.9 Å². The summed E-state index contributed by atoms with van der Waals surface area (Å²) in [6, 6.07) is 12.0. The maximum Gasteiger partial charge on any atom is 0.243 e. The van der Waals surface area contributed by atoms with Crippen molar-refractivity contribution >= 4 is 41.5 Å². The minimum Gasteiger partial charge on any atom is -0.356 e. The second-order valence-electron chi connectivity index (χ2n) is 6.73. The Balaban J connectivity index is 0.00000392. The lowest BCUT2D eigenvalue weighted by Gasteiger charge is -2.26. The molecule has 5 nitrogen and oxygen atoms in total. The number of benzene rings is 2. The minimum absolute atomic E-state index is 0. The Morgan fingerprint density at radius 3 is 2.32 bits per heavy atom. The molecule has 0 spiro atoms. The number of nitrogens with one attached hydrogen (secondary N) is 3. The van der Waals surface area contributed by atoms with Crippen molar-refractivity contribution in [2.45, 2.75) is 19.3 Å². The molecule has 8 heteroatoms. The number of amides is 1. The van der Waals surface area contributed by atoms with Crippen LogP contribution in [0.1, 0.15) is 19.4 Å². The van der Waals surface area contributed by atoms with Gasteiger partial charge in [-0.25, -0.2) is 8.78 Å². The van der Waals surface area contributed by atoms with Gasteiger partial charge in [-0.2, -0.15) is 0 Å². The highest BCUT2D eigenvalue weighted by Gasteiger charge is 2.21. The van der Waals surface area contributed by atoms with Gasteiger partial charge in [-0.15, -0.1) is 24.0 Å². The van der Waals surface area contributed by atoms with Crippen LogP contribution in [0.4, 0.5) is 14.5 Å². The molecule has 0 aliphatic carbocycles. The molecule has 0 heterocycles. The summed E-state index contributed by atoms with van der Waals surface area (Å²) in [7, 11) is 1.60. The summed E-state index contributed by atoms with van der Waals surface area (Å²) in [6.45, 7) is 4.47. The van der Waals surface area contributed by atoms with E-state index in [9.17, 15) is 13.6 Å². The van der Waals surface area contributed by atoms with Gasteiger partial charge < -0.3 is 16.0 Å². The molecule has 0 aliphatic heterocycles. The van der Waals surface area contributed by atoms with Gasteiger partial charge in [-0.3, -0.25) is 9.79 Å². The highest BCUT2D eigenvalue weighted by molar-refractivity contribution is 14.0. The van der Waals surface area contributed by atoms with Crippen molar-refractivity contribution in [1.29, 1.82) is 0 Å². The maximum absolute atomic E-state index is 13.5. The number of halogens is 3. The molecule has 0 aromatic heterocycles. The van der Waals surface area contributed by atoms with E-state index < -0.39 is 0 Å². The Bertz CT molecular complexity index is 810. The predicted octanol–water partition coefficient (Wildman–Crippen LogP) is 3.66. The van der Waals surface area contributed by atoms with E-state index in [4.69, 9.17) is 0 Å². The van der Waals surface area contributed by atoms with Crippen molar-refractivity contribution in [3.63, 3.8) is 0 Å². The fourth-order valence-electron chi connectivity index (χ4n) is 2.44. The van der Waals surface area contributed by atoms with Gasteiger partial charge in [-0.05, 0) is 42.0 Å². The number of guanidine groups is 1. The van der Waals surface area contributed by atoms with Gasteiger partial charge in [0.25, 0.3) is 0 Å². The molecule has 0 atom stereocenters. The van der Waals surface area contributed by atoms with Crippen LogP contribution in [0.15, 0.2) is 53.5 Å². The second kappa shape index (κ2) is 10.9. The van der Waals surface area contributed by atoms with Crippen molar-refractivity contribution in [1.82, 2.24) is 10.6 Å². The van der Waals surface area contributed by atoms with Crippen LogP contribution in [-0.2, 0) is 10.2 Å². The third-order valence-corrected chi connectivity index (χ3v) is 4.07. The smallest absolute Gasteiger partial charge is 0.243 e. The summed E-state index contributed by atoms with van der Waals surface area (Å²) >= 11 is 0. The molecule has 28 heavy (non-hydrogen) atoms. The average Bonchev–Trinajstić information content (AvgIpc) is 2.64. The number of nitrogens with zero attached hydrogens (tertiary/aromatic N) is 1. The Morgan fingerprint density at radius 1 is 1.04 bits per heavy atom. The minimum atomic E-state index is -0.364. The average molecular weight is 502 g/mol. The molecule has 0 saturated carbocycles. The summed E-state index contributed by atoms with van der Waals surface area (Å²) in [5, 5.41) is 8.72. The van der Waals surface area contributed by atoms with Gasteiger partial charge in [0, 0.05) is 24.7 Å². The van der Waals surface area contributed by atoms with Crippen LogP contribution in [0.5, 0.6) is 0 Å². The monoisotopic (exact) mass is 502 g/mol. The van der Waals surface area contributed by atoms with Crippen molar-refractivity contribution in [3.8, 4) is 0 Å². The number of hydrogen-bond acceptors (Lipinski definition) is 2. The van der Waals surface area contributed by atoms with Crippen LogP contribution >= 0.6 is 24.0 Å². The van der Waals surface area contributed by atoms with E-state index in [0.717, 1.165) is 5.56 Å². The number of rotatable bonds is 6. The lowest BCUT2D eigenvalue weighted by Crippen LogP contribution is -2.45.